The van der Waals surface area contributed by atoms with Crippen molar-refractivity contribution in [1.29, 1.82) is 0 Å². The van der Waals surface area contributed by atoms with Crippen molar-refractivity contribution in [3.8, 4) is 0 Å². The number of aromatic nitrogens is 1. The average molecular weight is 357 g/mol. The molecule has 2 heterocycles. The molecule has 1 amide bonds. The van der Waals surface area contributed by atoms with E-state index in [1.54, 1.807) is 6.26 Å². The number of thiazole rings is 1. The lowest BCUT2D eigenvalue weighted by Gasteiger charge is -2.01. The Morgan fingerprint density at radius 3 is 3.00 bits per heavy atom. The predicted molar refractivity (Wildman–Crippen MR) is 97.9 cm³/mol. The van der Waals surface area contributed by atoms with Crippen molar-refractivity contribution in [3.63, 3.8) is 0 Å². The molecule has 0 fully saturated rings. The lowest BCUT2D eigenvalue weighted by Crippen LogP contribution is -2.13. The van der Waals surface area contributed by atoms with Crippen molar-refractivity contribution >= 4 is 55.2 Å². The molecule has 0 atom stereocenters. The summed E-state index contributed by atoms with van der Waals surface area (Å²) in [5, 5.41) is 4.98. The molecule has 4 rings (SSSR count). The number of furan rings is 1. The summed E-state index contributed by atoms with van der Waals surface area (Å²) < 4.78 is 6.58. The van der Waals surface area contributed by atoms with Crippen molar-refractivity contribution < 1.29 is 9.21 Å². The quantitative estimate of drug-likeness (QED) is 0.550. The molecule has 0 radical (unpaired) electrons. The van der Waals surface area contributed by atoms with Crippen molar-refractivity contribution in [2.75, 3.05) is 5.32 Å². The Balaban J connectivity index is 1.56. The van der Waals surface area contributed by atoms with Gasteiger partial charge < -0.3 is 9.73 Å². The second kappa shape index (κ2) is 5.92. The maximum atomic E-state index is 12.3. The zero-order valence-corrected chi connectivity index (χ0v) is 14.4. The zero-order chi connectivity index (χ0) is 16.7. The summed E-state index contributed by atoms with van der Waals surface area (Å²) in [4.78, 5) is 16.7. The maximum absolute atomic E-state index is 12.3. The number of fused-ring (bicyclic) bond motifs is 2. The molecule has 24 heavy (non-hydrogen) atoms. The van der Waals surface area contributed by atoms with Crippen LogP contribution in [0.1, 0.15) is 11.1 Å². The summed E-state index contributed by atoms with van der Waals surface area (Å²) in [6, 6.07) is 11.5. The lowest BCUT2D eigenvalue weighted by molar-refractivity contribution is -0.115. The van der Waals surface area contributed by atoms with E-state index in [9.17, 15) is 4.79 Å². The van der Waals surface area contributed by atoms with Gasteiger partial charge in [-0.05, 0) is 36.8 Å². The minimum Gasteiger partial charge on any atom is -0.464 e. The molecular formula is C18H13ClN2O2S. The Morgan fingerprint density at radius 1 is 1.33 bits per heavy atom. The highest BCUT2D eigenvalue weighted by Crippen LogP contribution is 2.29. The fourth-order valence-electron chi connectivity index (χ4n) is 2.60. The van der Waals surface area contributed by atoms with Gasteiger partial charge in [0.1, 0.15) is 5.58 Å². The predicted octanol–water partition coefficient (Wildman–Crippen LogP) is 5.19. The van der Waals surface area contributed by atoms with Crippen LogP contribution in [-0.2, 0) is 11.2 Å². The average Bonchev–Trinajstić information content (AvgIpc) is 3.12. The number of carbonyl (C=O) groups is 1. The highest BCUT2D eigenvalue weighted by molar-refractivity contribution is 7.22. The molecule has 0 bridgehead atoms. The number of nitrogens with one attached hydrogen (secondary N) is 1. The minimum absolute atomic E-state index is 0.131. The molecular weight excluding hydrogens is 344 g/mol. The first kappa shape index (κ1) is 15.2. The van der Waals surface area contributed by atoms with E-state index < -0.39 is 0 Å². The Labute approximate surface area is 147 Å². The van der Waals surface area contributed by atoms with Crippen molar-refractivity contribution in [2.24, 2.45) is 0 Å². The fraction of sp³-hybridized carbons (Fsp3) is 0.111. The van der Waals surface area contributed by atoms with E-state index in [0.29, 0.717) is 10.2 Å². The molecule has 4 nitrogen and oxygen atoms in total. The molecule has 4 aromatic rings. The van der Waals surface area contributed by atoms with Crippen LogP contribution < -0.4 is 5.32 Å². The fourth-order valence-corrected chi connectivity index (χ4v) is 3.65. The monoisotopic (exact) mass is 356 g/mol. The summed E-state index contributed by atoms with van der Waals surface area (Å²) in [5.74, 6) is -0.131. The third kappa shape index (κ3) is 2.77. The molecule has 0 spiro atoms. The van der Waals surface area contributed by atoms with Gasteiger partial charge in [0.05, 0.1) is 22.9 Å². The highest BCUT2D eigenvalue weighted by Gasteiger charge is 2.13. The van der Waals surface area contributed by atoms with Crippen LogP contribution in [0.5, 0.6) is 0 Å². The van der Waals surface area contributed by atoms with Crippen LogP contribution in [-0.4, -0.2) is 10.9 Å². The highest BCUT2D eigenvalue weighted by atomic mass is 35.5. The summed E-state index contributed by atoms with van der Waals surface area (Å²) in [5.41, 5.74) is 3.38. The van der Waals surface area contributed by atoms with Crippen LogP contribution in [0.25, 0.3) is 21.2 Å². The van der Waals surface area contributed by atoms with Gasteiger partial charge in [0.2, 0.25) is 5.91 Å². The molecule has 2 aromatic carbocycles. The second-order valence-electron chi connectivity index (χ2n) is 5.57. The number of nitrogens with zero attached hydrogens (tertiary/aromatic N) is 1. The van der Waals surface area contributed by atoms with Crippen LogP contribution in [0, 0.1) is 6.92 Å². The number of hydrogen-bond acceptors (Lipinski definition) is 4. The molecule has 0 aliphatic rings. The number of amides is 1. The Hall–Kier alpha value is -2.37. The number of rotatable bonds is 3. The van der Waals surface area contributed by atoms with E-state index in [4.69, 9.17) is 16.0 Å². The molecule has 1 N–H and O–H groups in total. The van der Waals surface area contributed by atoms with Gasteiger partial charge in [-0.3, -0.25) is 4.79 Å². The molecule has 0 saturated carbocycles. The first-order chi connectivity index (χ1) is 11.6. The topological polar surface area (TPSA) is 55.1 Å². The second-order valence-corrected chi connectivity index (χ2v) is 7.01. The number of hydrogen-bond donors (Lipinski definition) is 1. The smallest absolute Gasteiger partial charge is 0.230 e. The molecule has 0 aliphatic heterocycles. The third-order valence-corrected chi connectivity index (χ3v) is 5.19. The van der Waals surface area contributed by atoms with Crippen LogP contribution in [0.3, 0.4) is 0 Å². The summed E-state index contributed by atoms with van der Waals surface area (Å²) >= 11 is 7.64. The zero-order valence-electron chi connectivity index (χ0n) is 12.8. The number of carbonyl (C=O) groups excluding carboxylic acids is 1. The van der Waals surface area contributed by atoms with Crippen molar-refractivity contribution in [2.45, 2.75) is 13.3 Å². The van der Waals surface area contributed by atoms with E-state index in [2.05, 4.69) is 10.3 Å². The molecule has 6 heteroatoms. The Kier molecular flexibility index (Phi) is 3.75. The van der Waals surface area contributed by atoms with Gasteiger partial charge in [-0.25, -0.2) is 4.98 Å². The maximum Gasteiger partial charge on any atom is 0.230 e. The van der Waals surface area contributed by atoms with Gasteiger partial charge in [0.25, 0.3) is 0 Å². The van der Waals surface area contributed by atoms with Gasteiger partial charge in [-0.2, -0.15) is 0 Å². The standard InChI is InChI=1S/C18H13ClN2O2S/c1-10-6-15-12(8-13(10)19)11(9-23-15)7-17(22)21-18-20-14-4-2-3-5-16(14)24-18/h2-6,8-9H,7H2,1H3,(H,20,21,22). The van der Waals surface area contributed by atoms with Gasteiger partial charge in [0.15, 0.2) is 5.13 Å². The summed E-state index contributed by atoms with van der Waals surface area (Å²) in [6.07, 6.45) is 1.82. The molecule has 0 saturated heterocycles. The van der Waals surface area contributed by atoms with Crippen LogP contribution in [0.2, 0.25) is 5.02 Å². The van der Waals surface area contributed by atoms with E-state index in [0.717, 1.165) is 32.3 Å². The molecule has 120 valence electrons. The van der Waals surface area contributed by atoms with E-state index >= 15 is 0 Å². The Bertz CT molecular complexity index is 1030. The van der Waals surface area contributed by atoms with Gasteiger partial charge in [-0.1, -0.05) is 35.1 Å². The van der Waals surface area contributed by atoms with Crippen LogP contribution in [0.4, 0.5) is 5.13 Å². The lowest BCUT2D eigenvalue weighted by atomic mass is 10.1. The van der Waals surface area contributed by atoms with Gasteiger partial charge in [0, 0.05) is 16.0 Å². The third-order valence-electron chi connectivity index (χ3n) is 3.83. The number of benzene rings is 2. The number of halogens is 1. The normalized spacial score (nSPS) is 11.2. The number of aryl methyl sites for hydroxylation is 1. The molecule has 2 aromatic heterocycles. The number of anilines is 1. The van der Waals surface area contributed by atoms with E-state index in [1.807, 2.05) is 43.3 Å². The largest absolute Gasteiger partial charge is 0.464 e. The van der Waals surface area contributed by atoms with Crippen molar-refractivity contribution in [3.05, 3.63) is 58.8 Å². The van der Waals surface area contributed by atoms with Gasteiger partial charge >= 0.3 is 0 Å². The number of para-hydroxylation sites is 1. The molecule has 0 unspecified atom stereocenters. The van der Waals surface area contributed by atoms with Crippen LogP contribution in [0.15, 0.2) is 47.1 Å². The van der Waals surface area contributed by atoms with Crippen molar-refractivity contribution in [1.82, 2.24) is 4.98 Å². The SMILES string of the molecule is Cc1cc2occ(CC(=O)Nc3nc4ccccc4s3)c2cc1Cl. The minimum atomic E-state index is -0.131. The summed E-state index contributed by atoms with van der Waals surface area (Å²) in [6.45, 7) is 1.92. The van der Waals surface area contributed by atoms with Crippen LogP contribution >= 0.6 is 22.9 Å². The first-order valence-electron chi connectivity index (χ1n) is 7.42. The first-order valence-corrected chi connectivity index (χ1v) is 8.61. The van der Waals surface area contributed by atoms with E-state index in [1.165, 1.54) is 11.3 Å². The van der Waals surface area contributed by atoms with E-state index in [-0.39, 0.29) is 12.3 Å². The Morgan fingerprint density at radius 2 is 2.17 bits per heavy atom. The van der Waals surface area contributed by atoms with Gasteiger partial charge in [-0.15, -0.1) is 0 Å². The molecule has 0 aliphatic carbocycles. The summed E-state index contributed by atoms with van der Waals surface area (Å²) in [7, 11) is 0.